The molecule has 0 aromatic rings. The van der Waals surface area contributed by atoms with E-state index in [0.29, 0.717) is 0 Å². The van der Waals surface area contributed by atoms with Gasteiger partial charge in [-0.15, -0.1) is 0 Å². The lowest BCUT2D eigenvalue weighted by atomic mass is 9.89. The molecule has 0 saturated heterocycles. The highest BCUT2D eigenvalue weighted by atomic mass is 19.5. The van der Waals surface area contributed by atoms with E-state index in [1.165, 1.54) is 0 Å². The minimum Gasteiger partial charge on any atom is -0.460 e. The van der Waals surface area contributed by atoms with Gasteiger partial charge in [-0.05, 0) is 20.8 Å². The number of carbonyl (C=O) groups is 1. The highest BCUT2D eigenvalue weighted by molar-refractivity contribution is 5.69. The summed E-state index contributed by atoms with van der Waals surface area (Å²) in [6.07, 6.45) is -74.1. The Hall–Kier alpha value is -2.58. The van der Waals surface area contributed by atoms with E-state index in [0.717, 1.165) is 20.8 Å². The number of rotatable bonds is 14. The van der Waals surface area contributed by atoms with Crippen molar-refractivity contribution in [3.05, 3.63) is 0 Å². The van der Waals surface area contributed by atoms with Crippen molar-refractivity contribution in [3.8, 4) is 0 Å². The van der Waals surface area contributed by atoms with Crippen LogP contribution < -0.4 is 0 Å². The molecule has 33 heteroatoms. The molecule has 0 N–H and O–H groups in total. The molecule has 0 aliphatic rings. The summed E-state index contributed by atoms with van der Waals surface area (Å²) in [6, 6.07) is 0. The second kappa shape index (κ2) is 16.1. The first-order valence-electron chi connectivity index (χ1n) is 13.8. The molecule has 0 aromatic heterocycles. The van der Waals surface area contributed by atoms with Crippen molar-refractivity contribution in [2.45, 2.75) is 105 Å². The fourth-order valence-corrected chi connectivity index (χ4v) is 4.05. The Bertz CT molecular complexity index is 1080. The molecule has 0 bridgehead atoms. The SMILES string of the molecule is CC(C)(C)OC(=O)CCOCC(COC(C(F)(F)F)(C(F)(F)F)C(F)(F)F)(COC(C(F)(F)F)(C(F)(F)F)C(F)(F)F)COC(C(F)(F)F)(C(F)(F)F)C(F)(F)F. The van der Waals surface area contributed by atoms with Crippen LogP contribution in [0.1, 0.15) is 27.2 Å². The molecule has 0 aliphatic carbocycles. The summed E-state index contributed by atoms with van der Waals surface area (Å²) < 4.78 is 383. The van der Waals surface area contributed by atoms with Crippen LogP contribution in [0.25, 0.3) is 0 Å². The zero-order chi connectivity index (χ0) is 46.4. The van der Waals surface area contributed by atoms with Gasteiger partial charge < -0.3 is 23.7 Å². The largest absolute Gasteiger partial charge is 0.460 e. The fraction of sp³-hybridized carbons (Fsp3) is 0.958. The number of ether oxygens (including phenoxy) is 5. The summed E-state index contributed by atoms with van der Waals surface area (Å²) in [6.45, 7) is -13.7. The van der Waals surface area contributed by atoms with Gasteiger partial charge in [-0.25, -0.2) is 0 Å². The first-order valence-corrected chi connectivity index (χ1v) is 13.8. The van der Waals surface area contributed by atoms with E-state index in [1.54, 1.807) is 0 Å². The summed E-state index contributed by atoms with van der Waals surface area (Å²) in [7, 11) is 0. The molecule has 0 rings (SSSR count). The van der Waals surface area contributed by atoms with Crippen LogP contribution in [-0.2, 0) is 28.5 Å². The van der Waals surface area contributed by atoms with Gasteiger partial charge in [0.1, 0.15) is 5.60 Å². The van der Waals surface area contributed by atoms with Crippen LogP contribution in [0, 0.1) is 5.41 Å². The minimum atomic E-state index is -8.07. The van der Waals surface area contributed by atoms with Gasteiger partial charge in [0, 0.05) is 0 Å². The molecule has 0 saturated carbocycles. The van der Waals surface area contributed by atoms with Crippen molar-refractivity contribution in [2.75, 3.05) is 33.0 Å². The lowest BCUT2D eigenvalue weighted by Crippen LogP contribution is -2.71. The molecule has 6 nitrogen and oxygen atoms in total. The normalized spacial score (nSPS) is 16.0. The van der Waals surface area contributed by atoms with Gasteiger partial charge in [0.05, 0.1) is 44.9 Å². The lowest BCUT2D eigenvalue weighted by Gasteiger charge is -2.45. The standard InChI is InChI=1S/C24H21F27O6/c1-11(2,3)57-10(52)4-5-53-6-12(7-54-13(16(25,26)27,17(28,29)30)18(31,32)33,8-55-14(19(34,35)36,20(37,38)39)21(40,41)42)9-56-15(22(43,44)45,23(46,47)48)24(49,50)51/h4-9H2,1-3H3. The molecule has 342 valence electrons. The quantitative estimate of drug-likeness (QED) is 0.0983. The number of hydrogen-bond acceptors (Lipinski definition) is 6. The second-order valence-corrected chi connectivity index (χ2v) is 12.3. The van der Waals surface area contributed by atoms with Crippen LogP contribution in [-0.4, -0.2) is 117 Å². The van der Waals surface area contributed by atoms with E-state index < -0.39 is 129 Å². The second-order valence-electron chi connectivity index (χ2n) is 12.3. The van der Waals surface area contributed by atoms with E-state index in [2.05, 4.69) is 23.7 Å². The first kappa shape index (κ1) is 54.4. The predicted octanol–water partition coefficient (Wildman–Crippen LogP) is 10.0. The first-order chi connectivity index (χ1) is 24.5. The van der Waals surface area contributed by atoms with Crippen molar-refractivity contribution in [2.24, 2.45) is 5.41 Å². The molecular formula is C24H21F27O6. The van der Waals surface area contributed by atoms with E-state index in [-0.39, 0.29) is 0 Å². The Morgan fingerprint density at radius 1 is 0.368 bits per heavy atom. The van der Waals surface area contributed by atoms with Crippen LogP contribution in [0.3, 0.4) is 0 Å². The van der Waals surface area contributed by atoms with Crippen molar-refractivity contribution in [1.82, 2.24) is 0 Å². The maximum absolute atomic E-state index is 13.6. The predicted molar refractivity (Wildman–Crippen MR) is 124 cm³/mol. The van der Waals surface area contributed by atoms with Gasteiger partial charge in [0.25, 0.3) is 0 Å². The van der Waals surface area contributed by atoms with Gasteiger partial charge in [0.2, 0.25) is 0 Å². The summed E-state index contributed by atoms with van der Waals surface area (Å²) in [5, 5.41) is 0. The molecule has 0 fully saturated rings. The molecule has 0 amide bonds. The number of esters is 1. The Kier molecular flexibility index (Phi) is 15.4. The third-order valence-electron chi connectivity index (χ3n) is 6.66. The molecule has 0 aliphatic heterocycles. The third kappa shape index (κ3) is 11.2. The maximum Gasteiger partial charge on any atom is 0.435 e. The van der Waals surface area contributed by atoms with Crippen LogP contribution in [0.4, 0.5) is 119 Å². The van der Waals surface area contributed by atoms with Crippen LogP contribution >= 0.6 is 0 Å². The average molecular weight is 918 g/mol. The summed E-state index contributed by atoms with van der Waals surface area (Å²) in [4.78, 5) is 11.8. The van der Waals surface area contributed by atoms with E-state index in [1.807, 2.05) is 0 Å². The molecule has 0 aromatic carbocycles. The summed E-state index contributed by atoms with van der Waals surface area (Å²) in [5.41, 5.74) is -30.6. The fourth-order valence-electron chi connectivity index (χ4n) is 4.05. The summed E-state index contributed by atoms with van der Waals surface area (Å²) in [5.74, 6) is -1.61. The molecule has 0 radical (unpaired) electrons. The van der Waals surface area contributed by atoms with Gasteiger partial charge in [-0.1, -0.05) is 0 Å². The minimum absolute atomic E-state index is 1.07. The molecule has 57 heavy (non-hydrogen) atoms. The van der Waals surface area contributed by atoms with E-state index >= 15 is 0 Å². The highest BCUT2D eigenvalue weighted by Crippen LogP contribution is 2.59. The van der Waals surface area contributed by atoms with Gasteiger partial charge in [0.15, 0.2) is 0 Å². The molecule has 0 unspecified atom stereocenters. The molecular weight excluding hydrogens is 897 g/mol. The number of hydrogen-bond donors (Lipinski definition) is 0. The number of alkyl halides is 27. The zero-order valence-electron chi connectivity index (χ0n) is 27.4. The van der Waals surface area contributed by atoms with E-state index in [9.17, 15) is 123 Å². The summed E-state index contributed by atoms with van der Waals surface area (Å²) >= 11 is 0. The van der Waals surface area contributed by atoms with Crippen LogP contribution in [0.15, 0.2) is 0 Å². The highest BCUT2D eigenvalue weighted by Gasteiger charge is 2.88. The zero-order valence-corrected chi connectivity index (χ0v) is 27.4. The Balaban J connectivity index is 8.37. The van der Waals surface area contributed by atoms with Crippen molar-refractivity contribution in [3.63, 3.8) is 0 Å². The molecule has 0 atom stereocenters. The number of halogens is 27. The average Bonchev–Trinajstić information content (AvgIpc) is 2.83. The maximum atomic E-state index is 13.6. The van der Waals surface area contributed by atoms with Crippen molar-refractivity contribution < 1.29 is 147 Å². The Morgan fingerprint density at radius 3 is 0.754 bits per heavy atom. The van der Waals surface area contributed by atoms with Crippen LogP contribution in [0.5, 0.6) is 0 Å². The van der Waals surface area contributed by atoms with Gasteiger partial charge >= 0.3 is 78.4 Å². The smallest absolute Gasteiger partial charge is 0.435 e. The molecule has 0 heterocycles. The van der Waals surface area contributed by atoms with Crippen molar-refractivity contribution in [1.29, 1.82) is 0 Å². The van der Waals surface area contributed by atoms with E-state index in [4.69, 9.17) is 0 Å². The van der Waals surface area contributed by atoms with Crippen LogP contribution in [0.2, 0.25) is 0 Å². The van der Waals surface area contributed by atoms with Gasteiger partial charge in [-0.2, -0.15) is 119 Å². The topological polar surface area (TPSA) is 63.2 Å². The van der Waals surface area contributed by atoms with Crippen molar-refractivity contribution >= 4 is 5.97 Å². The monoisotopic (exact) mass is 918 g/mol. The van der Waals surface area contributed by atoms with Gasteiger partial charge in [-0.3, -0.25) is 4.79 Å². The molecule has 0 spiro atoms. The lowest BCUT2D eigenvalue weighted by molar-refractivity contribution is -0.474. The Morgan fingerprint density at radius 2 is 0.579 bits per heavy atom. The Labute approximate surface area is 297 Å². The third-order valence-corrected chi connectivity index (χ3v) is 6.66. The number of carbonyl (C=O) groups excluding carboxylic acids is 1.